The van der Waals surface area contributed by atoms with E-state index >= 15 is 0 Å². The van der Waals surface area contributed by atoms with Gasteiger partial charge in [-0.15, -0.1) is 0 Å². The standard InChI is InChI=1S/C15H12ClN3/c16-10-3-1-4-11(9-10)19-14-7-6-13(17)15-12(14)5-2-8-18-15/h1-9,19H,17H2. The zero-order valence-electron chi connectivity index (χ0n) is 10.1. The number of halogens is 1. The van der Waals surface area contributed by atoms with E-state index in [0.29, 0.717) is 10.7 Å². The molecule has 0 aliphatic heterocycles. The van der Waals surface area contributed by atoms with E-state index < -0.39 is 0 Å². The van der Waals surface area contributed by atoms with E-state index in [1.165, 1.54) is 0 Å². The fraction of sp³-hybridized carbons (Fsp3) is 0. The van der Waals surface area contributed by atoms with E-state index in [9.17, 15) is 0 Å². The number of aromatic nitrogens is 1. The highest BCUT2D eigenvalue weighted by Crippen LogP contribution is 2.29. The number of fused-ring (bicyclic) bond motifs is 1. The summed E-state index contributed by atoms with van der Waals surface area (Å²) in [6.07, 6.45) is 1.74. The SMILES string of the molecule is Nc1ccc(Nc2cccc(Cl)c2)c2cccnc12. The molecule has 0 aliphatic carbocycles. The van der Waals surface area contributed by atoms with Crippen LogP contribution in [0.2, 0.25) is 5.02 Å². The molecule has 1 heterocycles. The minimum Gasteiger partial charge on any atom is -0.397 e. The van der Waals surface area contributed by atoms with Crippen LogP contribution in [0.25, 0.3) is 10.9 Å². The van der Waals surface area contributed by atoms with Gasteiger partial charge in [-0.3, -0.25) is 4.98 Å². The molecular formula is C15H12ClN3. The molecule has 3 N–H and O–H groups in total. The fourth-order valence-corrected chi connectivity index (χ4v) is 2.22. The van der Waals surface area contributed by atoms with Gasteiger partial charge in [-0.05, 0) is 42.5 Å². The lowest BCUT2D eigenvalue weighted by molar-refractivity contribution is 1.41. The molecule has 3 aromatic rings. The largest absolute Gasteiger partial charge is 0.397 e. The van der Waals surface area contributed by atoms with Crippen LogP contribution in [-0.2, 0) is 0 Å². The van der Waals surface area contributed by atoms with Gasteiger partial charge in [0.1, 0.15) is 0 Å². The molecule has 1 aromatic heterocycles. The summed E-state index contributed by atoms with van der Waals surface area (Å²) in [6.45, 7) is 0. The molecule has 0 spiro atoms. The predicted octanol–water partition coefficient (Wildman–Crippen LogP) is 4.21. The Bertz CT molecular complexity index is 740. The van der Waals surface area contributed by atoms with Crippen molar-refractivity contribution in [3.8, 4) is 0 Å². The molecule has 0 saturated carbocycles. The lowest BCUT2D eigenvalue weighted by Crippen LogP contribution is -1.95. The van der Waals surface area contributed by atoms with Crippen molar-refractivity contribution < 1.29 is 0 Å². The molecule has 0 saturated heterocycles. The van der Waals surface area contributed by atoms with Crippen LogP contribution >= 0.6 is 11.6 Å². The number of benzene rings is 2. The van der Waals surface area contributed by atoms with Crippen LogP contribution in [0.5, 0.6) is 0 Å². The van der Waals surface area contributed by atoms with E-state index in [2.05, 4.69) is 10.3 Å². The quantitative estimate of drug-likeness (QED) is 0.685. The minimum atomic E-state index is 0.673. The van der Waals surface area contributed by atoms with Crippen molar-refractivity contribution >= 4 is 39.6 Å². The molecule has 0 radical (unpaired) electrons. The number of hydrogen-bond donors (Lipinski definition) is 2. The summed E-state index contributed by atoms with van der Waals surface area (Å²) < 4.78 is 0. The topological polar surface area (TPSA) is 50.9 Å². The zero-order valence-corrected chi connectivity index (χ0v) is 10.9. The third-order valence-electron chi connectivity index (χ3n) is 2.90. The van der Waals surface area contributed by atoms with E-state index in [-0.39, 0.29) is 0 Å². The Morgan fingerprint density at radius 3 is 2.79 bits per heavy atom. The number of nitrogen functional groups attached to an aromatic ring is 1. The third-order valence-corrected chi connectivity index (χ3v) is 3.14. The van der Waals surface area contributed by atoms with Crippen LogP contribution in [0.1, 0.15) is 0 Å². The molecule has 3 rings (SSSR count). The maximum atomic E-state index is 5.98. The molecule has 3 nitrogen and oxygen atoms in total. The molecule has 0 atom stereocenters. The van der Waals surface area contributed by atoms with Crippen molar-refractivity contribution in [3.63, 3.8) is 0 Å². The van der Waals surface area contributed by atoms with Crippen molar-refractivity contribution in [2.75, 3.05) is 11.1 Å². The Balaban J connectivity index is 2.09. The number of pyridine rings is 1. The lowest BCUT2D eigenvalue weighted by atomic mass is 10.1. The van der Waals surface area contributed by atoms with Gasteiger partial charge >= 0.3 is 0 Å². The summed E-state index contributed by atoms with van der Waals surface area (Å²) in [5.41, 5.74) is 9.30. The number of nitrogens with two attached hydrogens (primary N) is 1. The first-order chi connectivity index (χ1) is 9.24. The van der Waals surface area contributed by atoms with E-state index in [1.54, 1.807) is 6.20 Å². The number of hydrogen-bond acceptors (Lipinski definition) is 3. The molecule has 0 aliphatic rings. The second-order valence-electron chi connectivity index (χ2n) is 4.24. The molecule has 4 heteroatoms. The lowest BCUT2D eigenvalue weighted by Gasteiger charge is -2.11. The second kappa shape index (κ2) is 4.78. The number of anilines is 3. The second-order valence-corrected chi connectivity index (χ2v) is 4.67. The van der Waals surface area contributed by atoms with Crippen LogP contribution < -0.4 is 11.1 Å². The summed E-state index contributed by atoms with van der Waals surface area (Å²) in [4.78, 5) is 4.31. The maximum absolute atomic E-state index is 5.98. The van der Waals surface area contributed by atoms with Crippen molar-refractivity contribution in [1.29, 1.82) is 0 Å². The third kappa shape index (κ3) is 2.33. The van der Waals surface area contributed by atoms with Crippen LogP contribution in [0.15, 0.2) is 54.7 Å². The van der Waals surface area contributed by atoms with E-state index in [0.717, 1.165) is 22.3 Å². The minimum absolute atomic E-state index is 0.673. The predicted molar refractivity (Wildman–Crippen MR) is 80.9 cm³/mol. The maximum Gasteiger partial charge on any atom is 0.0951 e. The Morgan fingerprint density at radius 1 is 1.05 bits per heavy atom. The van der Waals surface area contributed by atoms with Crippen LogP contribution in [0.3, 0.4) is 0 Å². The summed E-state index contributed by atoms with van der Waals surface area (Å²) in [7, 11) is 0. The molecule has 0 amide bonds. The van der Waals surface area contributed by atoms with Gasteiger partial charge in [0.2, 0.25) is 0 Å². The highest BCUT2D eigenvalue weighted by molar-refractivity contribution is 6.30. The first-order valence-electron chi connectivity index (χ1n) is 5.90. The van der Waals surface area contributed by atoms with Crippen LogP contribution in [0, 0.1) is 0 Å². The Kier molecular flexibility index (Phi) is 2.97. The molecule has 2 aromatic carbocycles. The normalized spacial score (nSPS) is 10.6. The van der Waals surface area contributed by atoms with Crippen molar-refractivity contribution in [2.24, 2.45) is 0 Å². The van der Waals surface area contributed by atoms with E-state index in [4.69, 9.17) is 17.3 Å². The van der Waals surface area contributed by atoms with Gasteiger partial charge in [-0.1, -0.05) is 17.7 Å². The monoisotopic (exact) mass is 269 g/mol. The number of nitrogens with zero attached hydrogens (tertiary/aromatic N) is 1. The molecule has 0 bridgehead atoms. The van der Waals surface area contributed by atoms with Crippen LogP contribution in [0.4, 0.5) is 17.1 Å². The highest BCUT2D eigenvalue weighted by atomic mass is 35.5. The van der Waals surface area contributed by atoms with Gasteiger partial charge in [0.05, 0.1) is 11.2 Å². The van der Waals surface area contributed by atoms with Gasteiger partial charge in [0.25, 0.3) is 0 Å². The molecule has 94 valence electrons. The Labute approximate surface area is 116 Å². The summed E-state index contributed by atoms with van der Waals surface area (Å²) in [5, 5.41) is 5.02. The Morgan fingerprint density at radius 2 is 1.95 bits per heavy atom. The van der Waals surface area contributed by atoms with Gasteiger partial charge < -0.3 is 11.1 Å². The molecule has 19 heavy (non-hydrogen) atoms. The Hall–Kier alpha value is -2.26. The zero-order chi connectivity index (χ0) is 13.2. The fourth-order valence-electron chi connectivity index (χ4n) is 2.03. The first kappa shape index (κ1) is 11.8. The summed E-state index contributed by atoms with van der Waals surface area (Å²) in [6, 6.07) is 15.3. The van der Waals surface area contributed by atoms with Crippen LogP contribution in [-0.4, -0.2) is 4.98 Å². The molecule has 0 fully saturated rings. The average molecular weight is 270 g/mol. The average Bonchev–Trinajstić information content (AvgIpc) is 2.42. The van der Waals surface area contributed by atoms with Gasteiger partial charge in [0, 0.05) is 28.0 Å². The number of nitrogens with one attached hydrogen (secondary N) is 1. The van der Waals surface area contributed by atoms with Crippen molar-refractivity contribution in [2.45, 2.75) is 0 Å². The van der Waals surface area contributed by atoms with Gasteiger partial charge in [-0.2, -0.15) is 0 Å². The van der Waals surface area contributed by atoms with E-state index in [1.807, 2.05) is 48.5 Å². The number of rotatable bonds is 2. The van der Waals surface area contributed by atoms with Gasteiger partial charge in [0.15, 0.2) is 0 Å². The summed E-state index contributed by atoms with van der Waals surface area (Å²) >= 11 is 5.98. The summed E-state index contributed by atoms with van der Waals surface area (Å²) in [5.74, 6) is 0. The smallest absolute Gasteiger partial charge is 0.0951 e. The molecule has 0 unspecified atom stereocenters. The first-order valence-corrected chi connectivity index (χ1v) is 6.27. The van der Waals surface area contributed by atoms with Crippen molar-refractivity contribution in [1.82, 2.24) is 4.98 Å². The highest BCUT2D eigenvalue weighted by Gasteiger charge is 2.05. The van der Waals surface area contributed by atoms with Gasteiger partial charge in [-0.25, -0.2) is 0 Å². The van der Waals surface area contributed by atoms with Crippen molar-refractivity contribution in [3.05, 3.63) is 59.8 Å². The molecular weight excluding hydrogens is 258 g/mol.